The molecule has 3 N–H and O–H groups in total. The molecule has 0 aliphatic carbocycles. The van der Waals surface area contributed by atoms with Gasteiger partial charge in [-0.3, -0.25) is 16.0 Å². The van der Waals surface area contributed by atoms with Crippen LogP contribution in [0.5, 0.6) is 0 Å². The second kappa shape index (κ2) is 6.70. The maximum atomic E-state index is 6.25. The van der Waals surface area contributed by atoms with E-state index in [0.717, 1.165) is 38.0 Å². The van der Waals surface area contributed by atoms with Crippen LogP contribution in [-0.4, -0.2) is 22.5 Å². The number of hydrazine groups is 1. The first kappa shape index (κ1) is 14.8. The molecule has 0 radical (unpaired) electrons. The number of ether oxygens (including phenoxy) is 1. The van der Waals surface area contributed by atoms with Gasteiger partial charge in [0.25, 0.3) is 0 Å². The maximum Gasteiger partial charge on any atom is 0.0834 e. The van der Waals surface area contributed by atoms with Crippen molar-refractivity contribution in [1.29, 1.82) is 0 Å². The lowest BCUT2D eigenvalue weighted by atomic mass is 10.0. The number of nitrogens with two attached hydrogens (primary N) is 1. The molecule has 0 bridgehead atoms. The molecule has 1 fully saturated rings. The van der Waals surface area contributed by atoms with Gasteiger partial charge >= 0.3 is 0 Å². The van der Waals surface area contributed by atoms with Crippen molar-refractivity contribution in [3.63, 3.8) is 0 Å². The van der Waals surface area contributed by atoms with E-state index < -0.39 is 0 Å². The normalized spacial score (nSPS) is 21.2. The molecule has 2 rings (SSSR count). The number of halogens is 1. The van der Waals surface area contributed by atoms with E-state index in [4.69, 9.17) is 22.2 Å². The first-order valence-corrected chi connectivity index (χ1v) is 7.32. The van der Waals surface area contributed by atoms with Crippen molar-refractivity contribution >= 4 is 11.6 Å². The number of nitrogens with zero attached hydrogens (tertiary/aromatic N) is 2. The van der Waals surface area contributed by atoms with Gasteiger partial charge in [-0.25, -0.2) is 0 Å². The smallest absolute Gasteiger partial charge is 0.0834 e. The van der Waals surface area contributed by atoms with Crippen molar-refractivity contribution in [2.45, 2.75) is 57.7 Å². The molecule has 2 heterocycles. The Bertz CT molecular complexity index is 401. The summed E-state index contributed by atoms with van der Waals surface area (Å²) in [6.45, 7) is 5.05. The monoisotopic (exact) mass is 286 g/mol. The van der Waals surface area contributed by atoms with E-state index in [0.29, 0.717) is 11.1 Å². The highest BCUT2D eigenvalue weighted by Crippen LogP contribution is 2.29. The van der Waals surface area contributed by atoms with Crippen LogP contribution in [0.15, 0.2) is 6.20 Å². The van der Waals surface area contributed by atoms with Crippen LogP contribution in [0.2, 0.25) is 5.02 Å². The van der Waals surface area contributed by atoms with Crippen molar-refractivity contribution in [3.8, 4) is 0 Å². The predicted molar refractivity (Wildman–Crippen MR) is 75.9 cm³/mol. The molecule has 5 nitrogen and oxygen atoms in total. The summed E-state index contributed by atoms with van der Waals surface area (Å²) in [6, 6.07) is 0.280. The lowest BCUT2D eigenvalue weighted by Gasteiger charge is -2.21. The third-order valence-corrected chi connectivity index (χ3v) is 3.90. The predicted octanol–water partition coefficient (Wildman–Crippen LogP) is 2.58. The zero-order chi connectivity index (χ0) is 13.8. The van der Waals surface area contributed by atoms with Gasteiger partial charge in [0.05, 0.1) is 29.1 Å². The number of hydrogen-bond donors (Lipinski definition) is 2. The minimum absolute atomic E-state index is 0.0154. The summed E-state index contributed by atoms with van der Waals surface area (Å²) in [4.78, 5) is 0. The quantitative estimate of drug-likeness (QED) is 0.623. The minimum Gasteiger partial charge on any atom is -0.378 e. The van der Waals surface area contributed by atoms with E-state index in [1.54, 1.807) is 6.20 Å². The van der Waals surface area contributed by atoms with E-state index in [9.17, 15) is 0 Å². The second-order valence-electron chi connectivity index (χ2n) is 5.35. The van der Waals surface area contributed by atoms with E-state index in [2.05, 4.69) is 24.4 Å². The molecule has 1 aromatic heterocycles. The van der Waals surface area contributed by atoms with Crippen LogP contribution >= 0.6 is 11.6 Å². The lowest BCUT2D eigenvalue weighted by molar-refractivity contribution is 0.0992. The van der Waals surface area contributed by atoms with Gasteiger partial charge in [-0.1, -0.05) is 11.6 Å². The molecule has 1 saturated heterocycles. The Morgan fingerprint density at radius 1 is 1.63 bits per heavy atom. The Morgan fingerprint density at radius 3 is 3.00 bits per heavy atom. The van der Waals surface area contributed by atoms with Crippen LogP contribution in [0.25, 0.3) is 0 Å². The Kier molecular flexibility index (Phi) is 5.21. The van der Waals surface area contributed by atoms with Crippen molar-refractivity contribution in [2.24, 2.45) is 5.84 Å². The van der Waals surface area contributed by atoms with Gasteiger partial charge < -0.3 is 4.74 Å². The molecule has 0 spiro atoms. The van der Waals surface area contributed by atoms with Crippen LogP contribution in [0.1, 0.15) is 57.3 Å². The summed E-state index contributed by atoms with van der Waals surface area (Å²) in [7, 11) is 0. The first-order chi connectivity index (χ1) is 9.13. The number of aromatic nitrogens is 2. The molecule has 1 aliphatic heterocycles. The number of hydrogen-bond acceptors (Lipinski definition) is 4. The van der Waals surface area contributed by atoms with E-state index >= 15 is 0 Å². The average Bonchev–Trinajstić information content (AvgIpc) is 3.00. The van der Waals surface area contributed by atoms with Gasteiger partial charge in [-0.05, 0) is 39.5 Å². The first-order valence-electron chi connectivity index (χ1n) is 6.94. The third-order valence-electron chi connectivity index (χ3n) is 3.61. The average molecular weight is 287 g/mol. The minimum atomic E-state index is 0.0154. The topological polar surface area (TPSA) is 65.1 Å². The zero-order valence-corrected chi connectivity index (χ0v) is 12.4. The molecule has 1 aliphatic rings. The molecule has 2 atom stereocenters. The lowest BCUT2D eigenvalue weighted by Crippen LogP contribution is -2.31. The van der Waals surface area contributed by atoms with Crippen LogP contribution in [0.3, 0.4) is 0 Å². The molecule has 6 heteroatoms. The van der Waals surface area contributed by atoms with Crippen molar-refractivity contribution in [3.05, 3.63) is 16.9 Å². The molecule has 0 saturated carbocycles. The molecule has 1 aromatic rings. The molecular formula is C13H23ClN4O. The Hall–Kier alpha value is -0.620. The standard InChI is InChI=1S/C13H23ClN4O/c1-9(2)18-13(11(14)8-16-18)12(17-15)6-5-10-4-3-7-19-10/h8-10,12,17H,3-7,15H2,1-2H3. The summed E-state index contributed by atoms with van der Waals surface area (Å²) in [6.07, 6.45) is 6.26. The highest BCUT2D eigenvalue weighted by atomic mass is 35.5. The SMILES string of the molecule is CC(C)n1ncc(Cl)c1C(CCC1CCCO1)NN. The number of rotatable bonds is 6. The molecule has 19 heavy (non-hydrogen) atoms. The fraction of sp³-hybridized carbons (Fsp3) is 0.769. The Balaban J connectivity index is 2.05. The zero-order valence-electron chi connectivity index (χ0n) is 11.6. The van der Waals surface area contributed by atoms with Crippen molar-refractivity contribution in [1.82, 2.24) is 15.2 Å². The summed E-state index contributed by atoms with van der Waals surface area (Å²) in [5, 5.41) is 4.99. The third kappa shape index (κ3) is 3.48. The van der Waals surface area contributed by atoms with Crippen molar-refractivity contribution in [2.75, 3.05) is 6.61 Å². The summed E-state index contributed by atoms with van der Waals surface area (Å²) in [5.74, 6) is 5.70. The van der Waals surface area contributed by atoms with Gasteiger partial charge in [0, 0.05) is 12.6 Å². The largest absolute Gasteiger partial charge is 0.378 e. The summed E-state index contributed by atoms with van der Waals surface area (Å²) < 4.78 is 7.58. The number of nitrogens with one attached hydrogen (secondary N) is 1. The Labute approximate surface area is 119 Å². The van der Waals surface area contributed by atoms with E-state index in [1.807, 2.05) is 4.68 Å². The van der Waals surface area contributed by atoms with Gasteiger partial charge in [0.15, 0.2) is 0 Å². The van der Waals surface area contributed by atoms with Crippen LogP contribution in [0, 0.1) is 0 Å². The van der Waals surface area contributed by atoms with Crippen LogP contribution < -0.4 is 11.3 Å². The highest BCUT2D eigenvalue weighted by molar-refractivity contribution is 6.31. The Morgan fingerprint density at radius 2 is 2.42 bits per heavy atom. The van der Waals surface area contributed by atoms with Gasteiger partial charge in [0.2, 0.25) is 0 Å². The van der Waals surface area contributed by atoms with Crippen molar-refractivity contribution < 1.29 is 4.74 Å². The molecule has 2 unspecified atom stereocenters. The fourth-order valence-corrected chi connectivity index (χ4v) is 2.87. The molecule has 0 amide bonds. The maximum absolute atomic E-state index is 6.25. The second-order valence-corrected chi connectivity index (χ2v) is 5.75. The highest BCUT2D eigenvalue weighted by Gasteiger charge is 2.23. The van der Waals surface area contributed by atoms with Gasteiger partial charge in [-0.15, -0.1) is 0 Å². The molecular weight excluding hydrogens is 264 g/mol. The van der Waals surface area contributed by atoms with Crippen LogP contribution in [-0.2, 0) is 4.74 Å². The summed E-state index contributed by atoms with van der Waals surface area (Å²) in [5.41, 5.74) is 3.83. The fourth-order valence-electron chi connectivity index (χ4n) is 2.61. The summed E-state index contributed by atoms with van der Waals surface area (Å²) >= 11 is 6.25. The molecule has 0 aromatic carbocycles. The van der Waals surface area contributed by atoms with Gasteiger partial charge in [0.1, 0.15) is 0 Å². The van der Waals surface area contributed by atoms with E-state index in [-0.39, 0.29) is 12.1 Å². The molecule has 108 valence electrons. The van der Waals surface area contributed by atoms with E-state index in [1.165, 1.54) is 0 Å². The van der Waals surface area contributed by atoms with Gasteiger partial charge in [-0.2, -0.15) is 5.10 Å². The van der Waals surface area contributed by atoms with Crippen LogP contribution in [0.4, 0.5) is 0 Å².